The fraction of sp³-hybridized carbons (Fsp3) is 0.857. The van der Waals surface area contributed by atoms with Crippen LogP contribution in [-0.4, -0.2) is 59.2 Å². The molecule has 0 aromatic heterocycles. The van der Waals surface area contributed by atoms with Gasteiger partial charge in [-0.1, -0.05) is 6.92 Å². The lowest BCUT2D eigenvalue weighted by Crippen LogP contribution is -2.59. The summed E-state index contributed by atoms with van der Waals surface area (Å²) in [6.07, 6.45) is -2.26. The largest absolute Gasteiger partial charge is 0.462 e. The molecule has 122 valence electrons. The van der Waals surface area contributed by atoms with Gasteiger partial charge in [-0.15, -0.1) is 0 Å². The first-order valence-electron chi connectivity index (χ1n) is 7.17. The maximum atomic E-state index is 12.0. The van der Waals surface area contributed by atoms with Crippen LogP contribution in [0.3, 0.4) is 0 Å². The number of nitrogens with one attached hydrogen (secondary N) is 1. The lowest BCUT2D eigenvalue weighted by atomic mass is 9.86. The van der Waals surface area contributed by atoms with Crippen LogP contribution >= 0.6 is 0 Å². The predicted molar refractivity (Wildman–Crippen MR) is 74.4 cm³/mol. The van der Waals surface area contributed by atoms with E-state index in [1.165, 1.54) is 6.92 Å². The second kappa shape index (κ2) is 7.72. The van der Waals surface area contributed by atoms with Crippen molar-refractivity contribution >= 4 is 11.9 Å². The van der Waals surface area contributed by atoms with Gasteiger partial charge in [0.15, 0.2) is 0 Å². The number of carbonyl (C=O) groups is 2. The predicted octanol–water partition coefficient (Wildman–Crippen LogP) is -0.410. The van der Waals surface area contributed by atoms with Gasteiger partial charge >= 0.3 is 5.97 Å². The quantitative estimate of drug-likeness (QED) is 0.596. The topological polar surface area (TPSA) is 105 Å². The molecule has 7 heteroatoms. The zero-order valence-corrected chi connectivity index (χ0v) is 12.9. The van der Waals surface area contributed by atoms with Gasteiger partial charge in [-0.2, -0.15) is 0 Å². The summed E-state index contributed by atoms with van der Waals surface area (Å²) in [5.41, 5.74) is 0. The highest BCUT2D eigenvalue weighted by Gasteiger charge is 2.41. The van der Waals surface area contributed by atoms with Crippen molar-refractivity contribution in [2.75, 3.05) is 6.61 Å². The van der Waals surface area contributed by atoms with Crippen molar-refractivity contribution in [1.29, 1.82) is 0 Å². The Balaban J connectivity index is 2.56. The molecule has 7 nitrogen and oxygen atoms in total. The number of aliphatic hydroxyl groups is 2. The molecule has 1 aliphatic rings. The molecule has 0 aliphatic carbocycles. The van der Waals surface area contributed by atoms with Crippen molar-refractivity contribution in [3.8, 4) is 0 Å². The lowest BCUT2D eigenvalue weighted by Gasteiger charge is -2.42. The molecule has 1 amide bonds. The maximum absolute atomic E-state index is 12.0. The second-order valence-corrected chi connectivity index (χ2v) is 5.63. The third-order valence-electron chi connectivity index (χ3n) is 3.73. The average Bonchev–Trinajstić information content (AvgIpc) is 2.37. The molecule has 0 saturated carbocycles. The summed E-state index contributed by atoms with van der Waals surface area (Å²) in [5, 5.41) is 22.0. The van der Waals surface area contributed by atoms with Crippen LogP contribution in [0.15, 0.2) is 0 Å². The van der Waals surface area contributed by atoms with E-state index >= 15 is 0 Å². The average molecular weight is 303 g/mol. The third-order valence-corrected chi connectivity index (χ3v) is 3.73. The van der Waals surface area contributed by atoms with E-state index in [1.807, 2.05) is 0 Å². The Hall–Kier alpha value is -1.18. The molecular weight excluding hydrogens is 278 g/mol. The van der Waals surface area contributed by atoms with E-state index in [0.717, 1.165) is 0 Å². The second-order valence-electron chi connectivity index (χ2n) is 5.63. The van der Waals surface area contributed by atoms with Gasteiger partial charge in [0.25, 0.3) is 0 Å². The molecule has 1 aliphatic heterocycles. The SMILES string of the molecule is CC(=O)O[C@H](C)CC(=O)NC1C(C)OC(CO)C(O)C1C. The van der Waals surface area contributed by atoms with E-state index in [-0.39, 0.29) is 37.0 Å². The van der Waals surface area contributed by atoms with Crippen LogP contribution in [-0.2, 0) is 19.1 Å². The van der Waals surface area contributed by atoms with Crippen molar-refractivity contribution in [1.82, 2.24) is 5.32 Å². The summed E-state index contributed by atoms with van der Waals surface area (Å²) in [6, 6.07) is -0.361. The Morgan fingerprint density at radius 2 is 2.00 bits per heavy atom. The molecule has 1 saturated heterocycles. The van der Waals surface area contributed by atoms with E-state index < -0.39 is 24.3 Å². The van der Waals surface area contributed by atoms with Crippen molar-refractivity contribution in [2.45, 2.75) is 64.6 Å². The molecule has 3 N–H and O–H groups in total. The Bertz CT molecular complexity index is 374. The zero-order chi connectivity index (χ0) is 16.2. The number of rotatable bonds is 5. The fourth-order valence-electron chi connectivity index (χ4n) is 2.65. The molecule has 0 aromatic carbocycles. The van der Waals surface area contributed by atoms with Gasteiger partial charge in [-0.05, 0) is 13.8 Å². The van der Waals surface area contributed by atoms with Gasteiger partial charge in [-0.3, -0.25) is 9.59 Å². The standard InChI is InChI=1S/C14H25NO6/c1-7(20-10(4)17)5-12(18)15-13-8(2)14(19)11(6-16)21-9(13)3/h7-9,11,13-14,16,19H,5-6H2,1-4H3,(H,15,18)/t7-,8?,9?,11?,13?,14?/m1/s1. The van der Waals surface area contributed by atoms with Gasteiger partial charge in [0, 0.05) is 12.8 Å². The summed E-state index contributed by atoms with van der Waals surface area (Å²) in [7, 11) is 0. The molecule has 0 spiro atoms. The van der Waals surface area contributed by atoms with Gasteiger partial charge in [0.2, 0.25) is 5.91 Å². The summed E-state index contributed by atoms with van der Waals surface area (Å²) in [5.74, 6) is -0.955. The van der Waals surface area contributed by atoms with Crippen molar-refractivity contribution in [3.63, 3.8) is 0 Å². The molecule has 0 radical (unpaired) electrons. The highest BCUT2D eigenvalue weighted by atomic mass is 16.5. The molecule has 1 fully saturated rings. The van der Waals surface area contributed by atoms with Crippen LogP contribution in [0.1, 0.15) is 34.1 Å². The van der Waals surface area contributed by atoms with Gasteiger partial charge in [0.05, 0.1) is 31.3 Å². The monoisotopic (exact) mass is 303 g/mol. The van der Waals surface area contributed by atoms with Crippen molar-refractivity contribution < 1.29 is 29.3 Å². The number of hydrogen-bond acceptors (Lipinski definition) is 6. The minimum absolute atomic E-state index is 0.0506. The first-order valence-corrected chi connectivity index (χ1v) is 7.17. The third kappa shape index (κ3) is 4.94. The van der Waals surface area contributed by atoms with Crippen LogP contribution in [0, 0.1) is 5.92 Å². The summed E-state index contributed by atoms with van der Waals surface area (Å²) >= 11 is 0. The van der Waals surface area contributed by atoms with Crippen LogP contribution in [0.2, 0.25) is 0 Å². The Labute approximate surface area is 124 Å². The molecule has 1 heterocycles. The van der Waals surface area contributed by atoms with Gasteiger partial charge < -0.3 is 25.0 Å². The number of carbonyl (C=O) groups excluding carboxylic acids is 2. The first kappa shape index (κ1) is 17.9. The Morgan fingerprint density at radius 3 is 2.52 bits per heavy atom. The van der Waals surface area contributed by atoms with Crippen molar-refractivity contribution in [3.05, 3.63) is 0 Å². The van der Waals surface area contributed by atoms with Crippen LogP contribution in [0.4, 0.5) is 0 Å². The van der Waals surface area contributed by atoms with Crippen LogP contribution in [0.5, 0.6) is 0 Å². The van der Waals surface area contributed by atoms with Gasteiger partial charge in [-0.25, -0.2) is 0 Å². The van der Waals surface area contributed by atoms with E-state index in [2.05, 4.69) is 5.32 Å². The summed E-state index contributed by atoms with van der Waals surface area (Å²) in [6.45, 7) is 6.25. The lowest BCUT2D eigenvalue weighted by molar-refractivity contribution is -0.167. The van der Waals surface area contributed by atoms with E-state index in [4.69, 9.17) is 14.6 Å². The summed E-state index contributed by atoms with van der Waals surface area (Å²) < 4.78 is 10.4. The van der Waals surface area contributed by atoms with Crippen molar-refractivity contribution in [2.24, 2.45) is 5.92 Å². The van der Waals surface area contributed by atoms with E-state index in [1.54, 1.807) is 20.8 Å². The van der Waals surface area contributed by atoms with E-state index in [0.29, 0.717) is 0 Å². The van der Waals surface area contributed by atoms with Gasteiger partial charge in [0.1, 0.15) is 12.2 Å². The fourth-order valence-corrected chi connectivity index (χ4v) is 2.65. The number of ether oxygens (including phenoxy) is 2. The highest BCUT2D eigenvalue weighted by Crippen LogP contribution is 2.25. The Morgan fingerprint density at radius 1 is 1.38 bits per heavy atom. The molecule has 1 rings (SSSR count). The molecule has 6 atom stereocenters. The molecular formula is C14H25NO6. The minimum atomic E-state index is -0.845. The molecule has 21 heavy (non-hydrogen) atoms. The number of esters is 1. The maximum Gasteiger partial charge on any atom is 0.302 e. The van der Waals surface area contributed by atoms with Crippen LogP contribution < -0.4 is 5.32 Å². The summed E-state index contributed by atoms with van der Waals surface area (Å²) in [4.78, 5) is 22.8. The van der Waals surface area contributed by atoms with E-state index in [9.17, 15) is 14.7 Å². The molecule has 0 bridgehead atoms. The number of aliphatic hydroxyl groups excluding tert-OH is 2. The molecule has 5 unspecified atom stereocenters. The number of amides is 1. The minimum Gasteiger partial charge on any atom is -0.462 e. The van der Waals surface area contributed by atoms with Crippen LogP contribution in [0.25, 0.3) is 0 Å². The zero-order valence-electron chi connectivity index (χ0n) is 12.9. The smallest absolute Gasteiger partial charge is 0.302 e. The normalized spacial score (nSPS) is 34.1. The highest BCUT2D eigenvalue weighted by molar-refractivity contribution is 5.77. The first-order chi connectivity index (χ1) is 9.76. The number of hydrogen-bond donors (Lipinski definition) is 3. The molecule has 0 aromatic rings. The Kier molecular flexibility index (Phi) is 6.57.